The largest absolute Gasteiger partial charge is 0.508 e. The van der Waals surface area contributed by atoms with Crippen LogP contribution < -0.4 is 5.73 Å². The Labute approximate surface area is 109 Å². The third-order valence-corrected chi connectivity index (χ3v) is 3.64. The molecule has 100 valence electrons. The van der Waals surface area contributed by atoms with E-state index in [9.17, 15) is 22.9 Å². The van der Waals surface area contributed by atoms with Gasteiger partial charge in [-0.15, -0.1) is 0 Å². The number of phenols is 1. The highest BCUT2D eigenvalue weighted by Crippen LogP contribution is 2.34. The van der Waals surface area contributed by atoms with Gasteiger partial charge in [0.15, 0.2) is 5.78 Å². The number of nitrogen functional groups attached to an aromatic ring is 1. The number of ketones is 1. The van der Waals surface area contributed by atoms with Crippen LogP contribution in [0.4, 0.5) is 5.69 Å². The van der Waals surface area contributed by atoms with Crippen molar-refractivity contribution in [3.8, 4) is 5.75 Å². The number of fused-ring (bicyclic) bond motifs is 1. The normalized spacial score (nSPS) is 11.7. The maximum absolute atomic E-state index is 11.4. The van der Waals surface area contributed by atoms with Crippen molar-refractivity contribution in [2.24, 2.45) is 0 Å². The van der Waals surface area contributed by atoms with E-state index in [1.807, 2.05) is 0 Å². The predicted molar refractivity (Wildman–Crippen MR) is 69.8 cm³/mol. The van der Waals surface area contributed by atoms with E-state index in [1.165, 1.54) is 25.1 Å². The van der Waals surface area contributed by atoms with Crippen molar-refractivity contribution in [1.29, 1.82) is 0 Å². The van der Waals surface area contributed by atoms with E-state index in [0.717, 1.165) is 6.07 Å². The van der Waals surface area contributed by atoms with Gasteiger partial charge in [-0.25, -0.2) is 0 Å². The zero-order chi connectivity index (χ0) is 14.4. The summed E-state index contributed by atoms with van der Waals surface area (Å²) in [6.07, 6.45) is 0. The number of Topliss-reactive ketones (excluding diaryl/α,β-unsaturated/α-hetero) is 1. The maximum Gasteiger partial charge on any atom is 0.295 e. The maximum atomic E-state index is 11.4. The Morgan fingerprint density at radius 2 is 1.89 bits per heavy atom. The predicted octanol–water partition coefficient (Wildman–Crippen LogP) is 1.58. The number of rotatable bonds is 2. The lowest BCUT2D eigenvalue weighted by molar-refractivity contribution is 0.101. The monoisotopic (exact) mass is 281 g/mol. The Morgan fingerprint density at radius 1 is 1.26 bits per heavy atom. The first-order chi connectivity index (χ1) is 8.71. The first kappa shape index (κ1) is 13.3. The van der Waals surface area contributed by atoms with Crippen LogP contribution in [0.2, 0.25) is 0 Å². The first-order valence-electron chi connectivity index (χ1n) is 5.25. The van der Waals surface area contributed by atoms with E-state index in [4.69, 9.17) is 5.73 Å². The Morgan fingerprint density at radius 3 is 2.42 bits per heavy atom. The summed E-state index contributed by atoms with van der Waals surface area (Å²) in [5, 5.41) is 9.80. The van der Waals surface area contributed by atoms with Gasteiger partial charge in [-0.05, 0) is 24.4 Å². The highest BCUT2D eigenvalue weighted by atomic mass is 32.2. The molecule has 19 heavy (non-hydrogen) atoms. The van der Waals surface area contributed by atoms with E-state index in [2.05, 4.69) is 0 Å². The van der Waals surface area contributed by atoms with E-state index in [1.54, 1.807) is 0 Å². The fraction of sp³-hybridized carbons (Fsp3) is 0.0833. The molecule has 0 spiro atoms. The molecule has 0 radical (unpaired) electrons. The average Bonchev–Trinajstić information content (AvgIpc) is 2.26. The number of carbonyl (C=O) groups is 1. The fourth-order valence-corrected chi connectivity index (χ4v) is 2.71. The molecular formula is C12H11NO5S. The summed E-state index contributed by atoms with van der Waals surface area (Å²) in [4.78, 5) is 10.9. The fourth-order valence-electron chi connectivity index (χ4n) is 1.95. The van der Waals surface area contributed by atoms with Gasteiger partial charge in [0, 0.05) is 17.0 Å². The molecule has 0 bridgehead atoms. The minimum Gasteiger partial charge on any atom is -0.508 e. The van der Waals surface area contributed by atoms with Crippen LogP contribution in [0.25, 0.3) is 10.8 Å². The van der Waals surface area contributed by atoms with Crippen molar-refractivity contribution in [2.45, 2.75) is 11.8 Å². The van der Waals surface area contributed by atoms with Gasteiger partial charge in [-0.2, -0.15) is 8.42 Å². The number of nitrogens with two attached hydrogens (primary N) is 1. The second-order valence-corrected chi connectivity index (χ2v) is 5.49. The van der Waals surface area contributed by atoms with Crippen molar-refractivity contribution in [1.82, 2.24) is 0 Å². The summed E-state index contributed by atoms with van der Waals surface area (Å²) in [6.45, 7) is 1.30. The Kier molecular flexibility index (Phi) is 2.95. The van der Waals surface area contributed by atoms with Crippen LogP contribution in [0.1, 0.15) is 17.3 Å². The van der Waals surface area contributed by atoms with E-state index < -0.39 is 15.0 Å². The molecule has 0 unspecified atom stereocenters. The first-order valence-corrected chi connectivity index (χ1v) is 6.69. The molecule has 4 N–H and O–H groups in total. The molecule has 2 aromatic carbocycles. The number of anilines is 1. The third-order valence-electron chi connectivity index (χ3n) is 2.76. The van der Waals surface area contributed by atoms with Crippen molar-refractivity contribution in [3.63, 3.8) is 0 Å². The lowest BCUT2D eigenvalue weighted by Crippen LogP contribution is -2.05. The van der Waals surface area contributed by atoms with Gasteiger partial charge in [0.1, 0.15) is 10.6 Å². The number of aromatic hydroxyl groups is 1. The molecule has 6 nitrogen and oxygen atoms in total. The second-order valence-electron chi connectivity index (χ2n) is 4.10. The van der Waals surface area contributed by atoms with Crippen LogP contribution in [0.15, 0.2) is 29.2 Å². The van der Waals surface area contributed by atoms with Crippen LogP contribution in [0, 0.1) is 0 Å². The highest BCUT2D eigenvalue weighted by Gasteiger charge is 2.20. The summed E-state index contributed by atoms with van der Waals surface area (Å²) in [6, 6.07) is 5.08. The van der Waals surface area contributed by atoms with Crippen molar-refractivity contribution >= 4 is 32.4 Å². The molecule has 2 aromatic rings. The average molecular weight is 281 g/mol. The Bertz CT molecular complexity index is 795. The van der Waals surface area contributed by atoms with E-state index in [0.29, 0.717) is 5.39 Å². The van der Waals surface area contributed by atoms with Gasteiger partial charge >= 0.3 is 0 Å². The minimum absolute atomic E-state index is 0.0213. The molecule has 0 amide bonds. The van der Waals surface area contributed by atoms with Gasteiger partial charge in [-0.1, -0.05) is 6.07 Å². The lowest BCUT2D eigenvalue weighted by Gasteiger charge is -2.10. The lowest BCUT2D eigenvalue weighted by atomic mass is 10.0. The molecule has 0 aliphatic carbocycles. The van der Waals surface area contributed by atoms with Gasteiger partial charge in [0.25, 0.3) is 10.1 Å². The molecule has 0 heterocycles. The molecular weight excluding hydrogens is 270 g/mol. The summed E-state index contributed by atoms with van der Waals surface area (Å²) >= 11 is 0. The second kappa shape index (κ2) is 4.22. The van der Waals surface area contributed by atoms with Gasteiger partial charge in [-0.3, -0.25) is 9.35 Å². The highest BCUT2D eigenvalue weighted by molar-refractivity contribution is 7.86. The standard InChI is InChI=1S/C12H11NO5S/c1-6(14)9-3-2-7-4-8(15)5-10(19(16,17)18)11(7)12(9)13/h2-5,15H,13H2,1H3,(H,16,17,18). The summed E-state index contributed by atoms with van der Waals surface area (Å²) < 4.78 is 31.9. The summed E-state index contributed by atoms with van der Waals surface area (Å²) in [5.41, 5.74) is 5.90. The molecule has 0 aromatic heterocycles. The number of phenolic OH excluding ortho intramolecular Hbond substituents is 1. The van der Waals surface area contributed by atoms with Crippen molar-refractivity contribution in [2.75, 3.05) is 5.73 Å². The minimum atomic E-state index is -4.57. The molecule has 2 rings (SSSR count). The molecule has 0 fully saturated rings. The molecule has 0 aliphatic rings. The quantitative estimate of drug-likeness (QED) is 0.437. The molecule has 0 atom stereocenters. The third kappa shape index (κ3) is 2.25. The zero-order valence-corrected chi connectivity index (χ0v) is 10.7. The van der Waals surface area contributed by atoms with Crippen molar-refractivity contribution < 1.29 is 22.9 Å². The van der Waals surface area contributed by atoms with Crippen LogP contribution in [-0.4, -0.2) is 23.9 Å². The number of carbonyl (C=O) groups excluding carboxylic acids is 1. The van der Waals surface area contributed by atoms with E-state index in [-0.39, 0.29) is 28.2 Å². The van der Waals surface area contributed by atoms with E-state index >= 15 is 0 Å². The van der Waals surface area contributed by atoms with Gasteiger partial charge in [0.2, 0.25) is 0 Å². The summed E-state index contributed by atoms with van der Waals surface area (Å²) in [5.74, 6) is -0.649. The molecule has 0 saturated carbocycles. The summed E-state index contributed by atoms with van der Waals surface area (Å²) in [7, 11) is -4.57. The van der Waals surface area contributed by atoms with Crippen molar-refractivity contribution in [3.05, 3.63) is 29.8 Å². The van der Waals surface area contributed by atoms with Gasteiger partial charge < -0.3 is 10.8 Å². The van der Waals surface area contributed by atoms with Crippen LogP contribution >= 0.6 is 0 Å². The smallest absolute Gasteiger partial charge is 0.295 e. The number of hydrogen-bond acceptors (Lipinski definition) is 5. The zero-order valence-electron chi connectivity index (χ0n) is 9.91. The van der Waals surface area contributed by atoms with Gasteiger partial charge in [0.05, 0.1) is 5.69 Å². The number of hydrogen-bond donors (Lipinski definition) is 3. The Balaban J connectivity index is 3.03. The van der Waals surface area contributed by atoms with Crippen LogP contribution in [-0.2, 0) is 10.1 Å². The van der Waals surface area contributed by atoms with Crippen LogP contribution in [0.5, 0.6) is 5.75 Å². The molecule has 7 heteroatoms. The topological polar surface area (TPSA) is 118 Å². The molecule has 0 saturated heterocycles. The SMILES string of the molecule is CC(=O)c1ccc2cc(O)cc(S(=O)(=O)O)c2c1N. The van der Waals surface area contributed by atoms with Crippen LogP contribution in [0.3, 0.4) is 0 Å². The Hall–Kier alpha value is -2.12. The molecule has 0 aliphatic heterocycles. The number of benzene rings is 2.